The summed E-state index contributed by atoms with van der Waals surface area (Å²) >= 11 is 16.3. The van der Waals surface area contributed by atoms with Crippen LogP contribution in [0.5, 0.6) is 0 Å². The molecule has 1 N–H and O–H groups in total. The highest BCUT2D eigenvalue weighted by molar-refractivity contribution is 6.67. The van der Waals surface area contributed by atoms with Gasteiger partial charge in [0.25, 0.3) is 0 Å². The molecule has 1 amide bonds. The van der Waals surface area contributed by atoms with Gasteiger partial charge in [0.15, 0.2) is 0 Å². The summed E-state index contributed by atoms with van der Waals surface area (Å²) in [5, 5.41) is 2.38. The molecule has 0 radical (unpaired) electrons. The number of nitrogens with one attached hydrogen (secondary N) is 1. The monoisotopic (exact) mass is 319 g/mol. The Morgan fingerprint density at radius 2 is 1.89 bits per heavy atom. The molecule has 0 heterocycles. The average Bonchev–Trinajstić information content (AvgIpc) is 2.30. The van der Waals surface area contributed by atoms with Crippen molar-refractivity contribution in [2.24, 2.45) is 5.92 Å². The van der Waals surface area contributed by atoms with Crippen molar-refractivity contribution in [3.8, 4) is 0 Å². The molecule has 0 aliphatic carbocycles. The number of halogens is 3. The van der Waals surface area contributed by atoms with Gasteiger partial charge >= 0.3 is 12.1 Å². The maximum Gasteiger partial charge on any atom is 0.408 e. The Morgan fingerprint density at radius 3 is 2.28 bits per heavy atom. The third-order valence-electron chi connectivity index (χ3n) is 2.31. The Hall–Kier alpha value is -0.390. The van der Waals surface area contributed by atoms with E-state index in [1.165, 1.54) is 7.11 Å². The zero-order valence-corrected chi connectivity index (χ0v) is 12.6. The van der Waals surface area contributed by atoms with E-state index in [2.05, 4.69) is 14.8 Å². The van der Waals surface area contributed by atoms with E-state index in [0.717, 1.165) is 0 Å². The van der Waals surface area contributed by atoms with Crippen LogP contribution < -0.4 is 5.32 Å². The molecule has 0 aliphatic heterocycles. The molecule has 0 bridgehead atoms. The first-order chi connectivity index (χ1) is 8.21. The molecule has 0 aromatic carbocycles. The Morgan fingerprint density at radius 1 is 1.33 bits per heavy atom. The Bertz CT molecular complexity index is 293. The molecule has 0 rings (SSSR count). The molecule has 18 heavy (non-hydrogen) atoms. The van der Waals surface area contributed by atoms with E-state index >= 15 is 0 Å². The highest BCUT2D eigenvalue weighted by Gasteiger charge is 2.28. The lowest BCUT2D eigenvalue weighted by atomic mass is 9.99. The van der Waals surface area contributed by atoms with E-state index in [4.69, 9.17) is 34.8 Å². The lowest BCUT2D eigenvalue weighted by Crippen LogP contribution is -2.46. The number of amides is 1. The van der Waals surface area contributed by atoms with Crippen LogP contribution in [-0.4, -0.2) is 35.6 Å². The van der Waals surface area contributed by atoms with Crippen molar-refractivity contribution < 1.29 is 19.1 Å². The predicted octanol–water partition coefficient (Wildman–Crippen LogP) is 2.67. The van der Waals surface area contributed by atoms with Gasteiger partial charge in [0.2, 0.25) is 3.79 Å². The minimum Gasteiger partial charge on any atom is -0.467 e. The molecule has 0 spiro atoms. The number of methoxy groups -OCH3 is 1. The SMILES string of the molecule is CCC(C)C(NC(=O)OCC(Cl)(Cl)Cl)C(=O)OC. The molecule has 0 saturated heterocycles. The first-order valence-electron chi connectivity index (χ1n) is 5.29. The molecule has 0 aromatic heterocycles. The number of hydrogen-bond acceptors (Lipinski definition) is 4. The standard InChI is InChI=1S/C10H16Cl3NO4/c1-4-6(2)7(8(15)17-3)14-9(16)18-5-10(11,12)13/h6-7H,4-5H2,1-3H3,(H,14,16). The van der Waals surface area contributed by atoms with Gasteiger partial charge in [0.05, 0.1) is 7.11 Å². The Kier molecular flexibility index (Phi) is 7.75. The Balaban J connectivity index is 4.41. The van der Waals surface area contributed by atoms with Crippen LogP contribution >= 0.6 is 34.8 Å². The first-order valence-corrected chi connectivity index (χ1v) is 6.42. The number of carbonyl (C=O) groups is 2. The number of alkyl halides is 3. The molecule has 0 fully saturated rings. The molecule has 0 aromatic rings. The zero-order valence-electron chi connectivity index (χ0n) is 10.3. The quantitative estimate of drug-likeness (QED) is 0.625. The summed E-state index contributed by atoms with van der Waals surface area (Å²) in [5.74, 6) is -0.645. The van der Waals surface area contributed by atoms with Crippen LogP contribution in [0, 0.1) is 5.92 Å². The van der Waals surface area contributed by atoms with Gasteiger partial charge in [-0.1, -0.05) is 55.1 Å². The van der Waals surface area contributed by atoms with Crippen LogP contribution in [-0.2, 0) is 14.3 Å². The summed E-state index contributed by atoms with van der Waals surface area (Å²) in [6.07, 6.45) is -0.151. The second-order valence-corrected chi connectivity index (χ2v) is 6.24. The minimum absolute atomic E-state index is 0.0993. The lowest BCUT2D eigenvalue weighted by Gasteiger charge is -2.22. The van der Waals surface area contributed by atoms with Crippen molar-refractivity contribution >= 4 is 46.9 Å². The highest BCUT2D eigenvalue weighted by Crippen LogP contribution is 2.25. The Labute approximate surface area is 121 Å². The predicted molar refractivity (Wildman–Crippen MR) is 70.0 cm³/mol. The fraction of sp³-hybridized carbons (Fsp3) is 0.800. The van der Waals surface area contributed by atoms with Gasteiger partial charge in [-0.2, -0.15) is 0 Å². The molecule has 0 aliphatic rings. The number of rotatable bonds is 5. The van der Waals surface area contributed by atoms with Gasteiger partial charge < -0.3 is 14.8 Å². The molecule has 2 unspecified atom stereocenters. The van der Waals surface area contributed by atoms with Crippen molar-refractivity contribution in [3.63, 3.8) is 0 Å². The number of ether oxygens (including phenoxy) is 2. The van der Waals surface area contributed by atoms with Gasteiger partial charge in [-0.05, 0) is 5.92 Å². The van der Waals surface area contributed by atoms with E-state index in [-0.39, 0.29) is 5.92 Å². The van der Waals surface area contributed by atoms with Gasteiger partial charge in [0, 0.05) is 0 Å². The minimum atomic E-state index is -1.69. The van der Waals surface area contributed by atoms with Crippen LogP contribution in [0.2, 0.25) is 0 Å². The second kappa shape index (κ2) is 7.92. The summed E-state index contributed by atoms with van der Waals surface area (Å²) < 4.78 is 7.58. The van der Waals surface area contributed by atoms with Gasteiger partial charge in [0.1, 0.15) is 12.6 Å². The summed E-state index contributed by atoms with van der Waals surface area (Å²) in [5.41, 5.74) is 0. The molecular formula is C10H16Cl3NO4. The topological polar surface area (TPSA) is 64.6 Å². The zero-order chi connectivity index (χ0) is 14.3. The van der Waals surface area contributed by atoms with Gasteiger partial charge in [-0.25, -0.2) is 9.59 Å². The van der Waals surface area contributed by atoms with Crippen LogP contribution in [0.15, 0.2) is 0 Å². The number of hydrogen-bond donors (Lipinski definition) is 1. The molecule has 2 atom stereocenters. The summed E-state index contributed by atoms with van der Waals surface area (Å²) in [7, 11) is 1.24. The number of carbonyl (C=O) groups excluding carboxylic acids is 2. The molecule has 8 heteroatoms. The van der Waals surface area contributed by atoms with Crippen molar-refractivity contribution in [1.29, 1.82) is 0 Å². The fourth-order valence-electron chi connectivity index (χ4n) is 1.11. The van der Waals surface area contributed by atoms with Crippen molar-refractivity contribution in [3.05, 3.63) is 0 Å². The maximum absolute atomic E-state index is 11.5. The second-order valence-electron chi connectivity index (χ2n) is 3.72. The van der Waals surface area contributed by atoms with E-state index in [1.807, 2.05) is 6.92 Å². The third-order valence-corrected chi connectivity index (χ3v) is 2.64. The van der Waals surface area contributed by atoms with Crippen molar-refractivity contribution in [2.45, 2.75) is 30.1 Å². The van der Waals surface area contributed by atoms with E-state index in [0.29, 0.717) is 6.42 Å². The fourth-order valence-corrected chi connectivity index (χ4v) is 1.28. The molecule has 106 valence electrons. The number of alkyl carbamates (subject to hydrolysis) is 1. The van der Waals surface area contributed by atoms with Gasteiger partial charge in [-0.15, -0.1) is 0 Å². The summed E-state index contributed by atoms with van der Waals surface area (Å²) in [6, 6.07) is -0.789. The lowest BCUT2D eigenvalue weighted by molar-refractivity contribution is -0.144. The van der Waals surface area contributed by atoms with Crippen molar-refractivity contribution in [1.82, 2.24) is 5.32 Å². The van der Waals surface area contributed by atoms with E-state index in [9.17, 15) is 9.59 Å². The normalized spacial score (nSPS) is 14.6. The van der Waals surface area contributed by atoms with E-state index in [1.54, 1.807) is 6.92 Å². The summed E-state index contributed by atoms with van der Waals surface area (Å²) in [6.45, 7) is 3.28. The molecular weight excluding hydrogens is 304 g/mol. The van der Waals surface area contributed by atoms with Crippen LogP contribution in [0.1, 0.15) is 20.3 Å². The first kappa shape index (κ1) is 17.6. The highest BCUT2D eigenvalue weighted by atomic mass is 35.6. The molecule has 0 saturated carbocycles. The number of esters is 1. The van der Waals surface area contributed by atoms with Crippen LogP contribution in [0.3, 0.4) is 0 Å². The maximum atomic E-state index is 11.5. The van der Waals surface area contributed by atoms with Crippen LogP contribution in [0.4, 0.5) is 4.79 Å². The van der Waals surface area contributed by atoms with Gasteiger partial charge in [-0.3, -0.25) is 0 Å². The van der Waals surface area contributed by atoms with E-state index < -0.39 is 28.5 Å². The largest absolute Gasteiger partial charge is 0.467 e. The summed E-state index contributed by atoms with van der Waals surface area (Å²) in [4.78, 5) is 22.9. The average molecular weight is 321 g/mol. The smallest absolute Gasteiger partial charge is 0.408 e. The third kappa shape index (κ3) is 7.13. The van der Waals surface area contributed by atoms with Crippen molar-refractivity contribution in [2.75, 3.05) is 13.7 Å². The van der Waals surface area contributed by atoms with Crippen LogP contribution in [0.25, 0.3) is 0 Å². The molecule has 5 nitrogen and oxygen atoms in total.